The van der Waals surface area contributed by atoms with Crippen LogP contribution in [-0.4, -0.2) is 48.7 Å². The Morgan fingerprint density at radius 1 is 1.27 bits per heavy atom. The highest BCUT2D eigenvalue weighted by molar-refractivity contribution is 6.04. The molecule has 0 radical (unpaired) electrons. The van der Waals surface area contributed by atoms with Crippen molar-refractivity contribution in [2.24, 2.45) is 0 Å². The highest BCUT2D eigenvalue weighted by Crippen LogP contribution is 2.35. The summed E-state index contributed by atoms with van der Waals surface area (Å²) in [6.07, 6.45) is 2.66. The number of aromatic nitrogens is 1. The molecule has 3 aliphatic rings. The molecule has 3 atom stereocenters. The van der Waals surface area contributed by atoms with Crippen LogP contribution >= 0.6 is 0 Å². The monoisotopic (exact) mass is 451 g/mol. The molecule has 33 heavy (non-hydrogen) atoms. The number of carbonyl (C=O) groups is 1. The second kappa shape index (κ2) is 7.62. The molecule has 3 aliphatic heterocycles. The van der Waals surface area contributed by atoms with Gasteiger partial charge in [-0.2, -0.15) is 0 Å². The number of hydrogen-bond donors (Lipinski definition) is 3. The summed E-state index contributed by atoms with van der Waals surface area (Å²) < 4.78 is 26.6. The van der Waals surface area contributed by atoms with Crippen LogP contribution in [0.3, 0.4) is 0 Å². The Kier molecular flexibility index (Phi) is 4.69. The maximum atomic E-state index is 15.1. The van der Waals surface area contributed by atoms with Crippen molar-refractivity contribution >= 4 is 28.4 Å². The fourth-order valence-electron chi connectivity index (χ4n) is 5.21. The first kappa shape index (κ1) is 20.3. The quantitative estimate of drug-likeness (QED) is 0.562. The van der Waals surface area contributed by atoms with Crippen molar-refractivity contribution in [2.75, 3.05) is 30.3 Å². The zero-order valence-electron chi connectivity index (χ0n) is 18.4. The molecule has 0 aliphatic carbocycles. The van der Waals surface area contributed by atoms with Gasteiger partial charge in [-0.15, -0.1) is 0 Å². The maximum absolute atomic E-state index is 15.1. The predicted octanol–water partition coefficient (Wildman–Crippen LogP) is 2.53. The summed E-state index contributed by atoms with van der Waals surface area (Å²) in [5, 5.41) is 7.05. The number of nitrogens with zero attached hydrogens (tertiary/aromatic N) is 2. The van der Waals surface area contributed by atoms with Crippen molar-refractivity contribution in [3.05, 3.63) is 47.1 Å². The molecule has 8 nitrogen and oxygen atoms in total. The minimum absolute atomic E-state index is 0.0121. The van der Waals surface area contributed by atoms with E-state index in [1.807, 2.05) is 19.1 Å². The summed E-state index contributed by atoms with van der Waals surface area (Å²) in [5.41, 5.74) is 8.77. The van der Waals surface area contributed by atoms with Crippen LogP contribution in [0.4, 0.5) is 15.8 Å². The van der Waals surface area contributed by atoms with Crippen molar-refractivity contribution in [3.8, 4) is 5.75 Å². The van der Waals surface area contributed by atoms with Gasteiger partial charge in [0.25, 0.3) is 5.91 Å². The Morgan fingerprint density at radius 2 is 2.06 bits per heavy atom. The third-order valence-corrected chi connectivity index (χ3v) is 6.89. The number of amides is 1. The molecule has 172 valence electrons. The summed E-state index contributed by atoms with van der Waals surface area (Å²) in [7, 11) is 0. The molecule has 6 rings (SSSR count). The molecular weight excluding hydrogens is 425 g/mol. The van der Waals surface area contributed by atoms with Gasteiger partial charge in [-0.05, 0) is 38.0 Å². The first-order valence-electron chi connectivity index (χ1n) is 11.4. The molecule has 4 N–H and O–H groups in total. The van der Waals surface area contributed by atoms with Gasteiger partial charge >= 0.3 is 0 Å². The molecule has 2 aromatic heterocycles. The highest BCUT2D eigenvalue weighted by Gasteiger charge is 2.34. The normalized spacial score (nSPS) is 23.9. The smallest absolute Gasteiger partial charge is 0.289 e. The van der Waals surface area contributed by atoms with Crippen LogP contribution in [0.5, 0.6) is 5.75 Å². The van der Waals surface area contributed by atoms with Gasteiger partial charge in [-0.3, -0.25) is 4.79 Å². The predicted molar refractivity (Wildman–Crippen MR) is 122 cm³/mol. The lowest BCUT2D eigenvalue weighted by Gasteiger charge is -2.35. The molecule has 1 aromatic carbocycles. The van der Waals surface area contributed by atoms with Crippen molar-refractivity contribution in [2.45, 2.75) is 44.3 Å². The molecular formula is C24H26FN5O3. The Morgan fingerprint density at radius 3 is 2.85 bits per heavy atom. The highest BCUT2D eigenvalue weighted by atomic mass is 19.1. The number of furan rings is 1. The minimum atomic E-state index is -0.464. The number of hydrogen-bond acceptors (Lipinski definition) is 7. The van der Waals surface area contributed by atoms with E-state index in [1.54, 1.807) is 12.1 Å². The molecule has 3 aromatic rings. The standard InChI is InChI=1S/C24H26FN5O3/c1-12-2-5-17-21(26)22(33-24(17)27-12)23(31)29-15-6-18-19(25)7-16(8-20(18)32-11-15)30-9-13-3-4-14(10-30)28-13/h2,5,7-8,13-15,28H,3-4,6,9-11,26H2,1H3,(H,29,31)/t13?,14?,15-/m1/s1. The molecule has 2 saturated heterocycles. The van der Waals surface area contributed by atoms with Gasteiger partial charge in [0.1, 0.15) is 18.2 Å². The van der Waals surface area contributed by atoms with E-state index in [2.05, 4.69) is 20.5 Å². The number of carbonyl (C=O) groups excluding carboxylic acids is 1. The van der Waals surface area contributed by atoms with Gasteiger partial charge in [0.2, 0.25) is 11.5 Å². The number of benzene rings is 1. The number of halogens is 1. The fourth-order valence-corrected chi connectivity index (χ4v) is 5.21. The second-order valence-corrected chi connectivity index (χ2v) is 9.28. The Hall–Kier alpha value is -3.33. The molecule has 2 unspecified atom stereocenters. The molecule has 0 saturated carbocycles. The van der Waals surface area contributed by atoms with Gasteiger partial charge in [-0.25, -0.2) is 9.37 Å². The first-order chi connectivity index (χ1) is 15.9. The Balaban J connectivity index is 1.19. The largest absolute Gasteiger partial charge is 0.491 e. The van der Waals surface area contributed by atoms with Crippen LogP contribution in [0.1, 0.15) is 34.7 Å². The average molecular weight is 452 g/mol. The number of anilines is 2. The van der Waals surface area contributed by atoms with E-state index in [0.717, 1.165) is 37.3 Å². The summed E-state index contributed by atoms with van der Waals surface area (Å²) in [6.45, 7) is 3.83. The van der Waals surface area contributed by atoms with E-state index in [9.17, 15) is 4.79 Å². The lowest BCUT2D eigenvalue weighted by Crippen LogP contribution is -2.51. The van der Waals surface area contributed by atoms with E-state index in [0.29, 0.717) is 40.9 Å². The van der Waals surface area contributed by atoms with E-state index < -0.39 is 11.9 Å². The van der Waals surface area contributed by atoms with Gasteiger partial charge in [0.15, 0.2) is 0 Å². The number of nitrogens with two attached hydrogens (primary N) is 1. The SMILES string of the molecule is Cc1ccc2c(N)c(C(=O)N[C@H]3COc4cc(N5CC6CCC(C5)N6)cc(F)c4C3)oc2n1. The summed E-state index contributed by atoms with van der Waals surface area (Å²) >= 11 is 0. The van der Waals surface area contributed by atoms with Gasteiger partial charge < -0.3 is 30.4 Å². The molecule has 2 bridgehead atoms. The molecule has 1 amide bonds. The maximum Gasteiger partial charge on any atom is 0.289 e. The Labute approximate surface area is 190 Å². The summed E-state index contributed by atoms with van der Waals surface area (Å²) in [6, 6.07) is 7.63. The fraction of sp³-hybridized carbons (Fsp3) is 0.417. The van der Waals surface area contributed by atoms with E-state index >= 15 is 4.39 Å². The van der Waals surface area contributed by atoms with Crippen molar-refractivity contribution in [1.82, 2.24) is 15.6 Å². The van der Waals surface area contributed by atoms with Crippen LogP contribution in [0.15, 0.2) is 28.7 Å². The molecule has 9 heteroatoms. The number of piperazine rings is 1. The van der Waals surface area contributed by atoms with Crippen LogP contribution in [0.2, 0.25) is 0 Å². The van der Waals surface area contributed by atoms with Crippen molar-refractivity contribution in [3.63, 3.8) is 0 Å². The van der Waals surface area contributed by atoms with Crippen molar-refractivity contribution < 1.29 is 18.3 Å². The molecule has 0 spiro atoms. The van der Waals surface area contributed by atoms with Gasteiger partial charge in [0, 0.05) is 54.6 Å². The van der Waals surface area contributed by atoms with Crippen molar-refractivity contribution in [1.29, 1.82) is 0 Å². The number of rotatable bonds is 3. The lowest BCUT2D eigenvalue weighted by molar-refractivity contribution is 0.0889. The lowest BCUT2D eigenvalue weighted by atomic mass is 10.0. The topological polar surface area (TPSA) is 106 Å². The third-order valence-electron chi connectivity index (χ3n) is 6.89. The zero-order valence-corrected chi connectivity index (χ0v) is 18.4. The number of fused-ring (bicyclic) bond motifs is 4. The third kappa shape index (κ3) is 3.56. The minimum Gasteiger partial charge on any atom is -0.491 e. The zero-order chi connectivity index (χ0) is 22.7. The number of aryl methyl sites for hydroxylation is 1. The van der Waals surface area contributed by atoms with E-state index in [4.69, 9.17) is 14.9 Å². The molecule has 5 heterocycles. The summed E-state index contributed by atoms with van der Waals surface area (Å²) in [5.74, 6) is -0.217. The number of nitrogens with one attached hydrogen (secondary N) is 2. The van der Waals surface area contributed by atoms with Crippen LogP contribution in [0.25, 0.3) is 11.1 Å². The summed E-state index contributed by atoms with van der Waals surface area (Å²) in [4.78, 5) is 19.4. The van der Waals surface area contributed by atoms with E-state index in [1.165, 1.54) is 0 Å². The number of ether oxygens (including phenoxy) is 1. The number of nitrogen functional groups attached to an aromatic ring is 1. The number of pyridine rings is 1. The van der Waals surface area contributed by atoms with Gasteiger partial charge in [0.05, 0.1) is 17.1 Å². The molecule has 2 fully saturated rings. The van der Waals surface area contributed by atoms with E-state index in [-0.39, 0.29) is 23.9 Å². The van der Waals surface area contributed by atoms with Crippen LogP contribution < -0.4 is 26.0 Å². The van der Waals surface area contributed by atoms with Gasteiger partial charge in [-0.1, -0.05) is 0 Å². The Bertz CT molecular complexity index is 1250. The second-order valence-electron chi connectivity index (χ2n) is 9.28. The van der Waals surface area contributed by atoms with Crippen LogP contribution in [-0.2, 0) is 6.42 Å². The van der Waals surface area contributed by atoms with Crippen LogP contribution in [0, 0.1) is 12.7 Å². The average Bonchev–Trinajstić information content (AvgIpc) is 3.31. The first-order valence-corrected chi connectivity index (χ1v) is 11.4.